The van der Waals surface area contributed by atoms with E-state index < -0.39 is 0 Å². The molecule has 0 saturated heterocycles. The molecular formula is C34H18OS. The first-order chi connectivity index (χ1) is 17.9. The number of furan rings is 1. The highest BCUT2D eigenvalue weighted by atomic mass is 32.1. The van der Waals surface area contributed by atoms with Crippen LogP contribution in [0, 0.1) is 0 Å². The van der Waals surface area contributed by atoms with Crippen LogP contribution in [-0.2, 0) is 0 Å². The Kier molecular flexibility index (Phi) is 3.47. The predicted octanol–water partition coefficient (Wildman–Crippen LogP) is 10.6. The minimum absolute atomic E-state index is 0.945. The summed E-state index contributed by atoms with van der Waals surface area (Å²) >= 11 is 1.89. The van der Waals surface area contributed by atoms with Gasteiger partial charge >= 0.3 is 0 Å². The van der Waals surface area contributed by atoms with Gasteiger partial charge in [-0.25, -0.2) is 0 Å². The van der Waals surface area contributed by atoms with Crippen molar-refractivity contribution in [1.29, 1.82) is 0 Å². The van der Waals surface area contributed by atoms with Crippen molar-refractivity contribution in [2.24, 2.45) is 0 Å². The molecule has 2 heteroatoms. The SMILES string of the molecule is c1ccc2c(c1)oc1c2ccc2sc3c4c5ccccc5c5ccccc5c4c4ccccc4c3c21. The van der Waals surface area contributed by atoms with Crippen LogP contribution in [0.4, 0.5) is 0 Å². The highest BCUT2D eigenvalue weighted by Gasteiger charge is 2.21. The van der Waals surface area contributed by atoms with Crippen LogP contribution >= 0.6 is 11.3 Å². The fraction of sp³-hybridized carbons (Fsp3) is 0. The second kappa shape index (κ2) is 6.63. The van der Waals surface area contributed by atoms with Crippen molar-refractivity contribution in [1.82, 2.24) is 0 Å². The topological polar surface area (TPSA) is 13.1 Å². The van der Waals surface area contributed by atoms with Crippen molar-refractivity contribution in [3.63, 3.8) is 0 Å². The molecule has 2 aromatic heterocycles. The number of hydrogen-bond donors (Lipinski definition) is 0. The molecule has 36 heavy (non-hydrogen) atoms. The van der Waals surface area contributed by atoms with E-state index in [0.29, 0.717) is 0 Å². The molecule has 0 atom stereocenters. The third-order valence-electron chi connectivity index (χ3n) is 7.82. The summed E-state index contributed by atoms with van der Waals surface area (Å²) in [6, 6.07) is 39.6. The van der Waals surface area contributed by atoms with Crippen LogP contribution in [-0.4, -0.2) is 0 Å². The fourth-order valence-corrected chi connectivity index (χ4v) is 7.66. The largest absolute Gasteiger partial charge is 0.455 e. The van der Waals surface area contributed by atoms with E-state index in [2.05, 4.69) is 103 Å². The smallest absolute Gasteiger partial charge is 0.144 e. The lowest BCUT2D eigenvalue weighted by atomic mass is 9.89. The van der Waals surface area contributed by atoms with Crippen LogP contribution in [0.5, 0.6) is 0 Å². The summed E-state index contributed by atoms with van der Waals surface area (Å²) in [5.41, 5.74) is 1.94. The van der Waals surface area contributed by atoms with Gasteiger partial charge in [-0.1, -0.05) is 91.0 Å². The average Bonchev–Trinajstić information content (AvgIpc) is 3.51. The molecular weight excluding hydrogens is 456 g/mol. The summed E-state index contributed by atoms with van der Waals surface area (Å²) in [6.07, 6.45) is 0. The number of rotatable bonds is 0. The Bertz CT molecular complexity index is 2370. The van der Waals surface area contributed by atoms with E-state index in [-0.39, 0.29) is 0 Å². The molecule has 0 N–H and O–H groups in total. The summed E-state index contributed by atoms with van der Waals surface area (Å²) in [7, 11) is 0. The molecule has 7 aromatic carbocycles. The molecule has 9 aromatic rings. The van der Waals surface area contributed by atoms with Gasteiger partial charge in [0.1, 0.15) is 11.2 Å². The molecule has 0 saturated carbocycles. The molecule has 0 aliphatic heterocycles. The van der Waals surface area contributed by atoms with Gasteiger partial charge in [0.25, 0.3) is 0 Å². The number of fused-ring (bicyclic) bond motifs is 17. The number of thiophene rings is 1. The Balaban J connectivity index is 1.68. The lowest BCUT2D eigenvalue weighted by Gasteiger charge is -2.14. The van der Waals surface area contributed by atoms with E-state index in [1.165, 1.54) is 74.0 Å². The van der Waals surface area contributed by atoms with Crippen LogP contribution in [0.25, 0.3) is 85.2 Å². The molecule has 0 radical (unpaired) electrons. The zero-order valence-electron chi connectivity index (χ0n) is 19.2. The van der Waals surface area contributed by atoms with E-state index in [1.54, 1.807) is 0 Å². The van der Waals surface area contributed by atoms with Crippen LogP contribution in [0.3, 0.4) is 0 Å². The van der Waals surface area contributed by atoms with Gasteiger partial charge in [-0.05, 0) is 55.9 Å². The minimum Gasteiger partial charge on any atom is -0.455 e. The molecule has 0 aliphatic rings. The molecule has 2 heterocycles. The normalized spacial score (nSPS) is 12.4. The lowest BCUT2D eigenvalue weighted by molar-refractivity contribution is 0.673. The molecule has 0 unspecified atom stereocenters. The molecule has 0 spiro atoms. The van der Waals surface area contributed by atoms with Crippen LogP contribution in [0.2, 0.25) is 0 Å². The van der Waals surface area contributed by atoms with Crippen molar-refractivity contribution in [3.8, 4) is 0 Å². The van der Waals surface area contributed by atoms with Crippen LogP contribution in [0.1, 0.15) is 0 Å². The molecule has 0 amide bonds. The molecule has 0 fully saturated rings. The van der Waals surface area contributed by atoms with Crippen molar-refractivity contribution < 1.29 is 4.42 Å². The Morgan fingerprint density at radius 3 is 1.58 bits per heavy atom. The van der Waals surface area contributed by atoms with Gasteiger partial charge in [0.2, 0.25) is 0 Å². The third-order valence-corrected chi connectivity index (χ3v) is 9.00. The van der Waals surface area contributed by atoms with Crippen molar-refractivity contribution in [2.75, 3.05) is 0 Å². The highest BCUT2D eigenvalue weighted by Crippen LogP contribution is 2.50. The van der Waals surface area contributed by atoms with Crippen molar-refractivity contribution in [3.05, 3.63) is 109 Å². The summed E-state index contributed by atoms with van der Waals surface area (Å²) in [5, 5.41) is 15.4. The first-order valence-corrected chi connectivity index (χ1v) is 13.1. The van der Waals surface area contributed by atoms with Gasteiger partial charge < -0.3 is 4.42 Å². The van der Waals surface area contributed by atoms with E-state index in [1.807, 2.05) is 17.4 Å². The summed E-state index contributed by atoms with van der Waals surface area (Å²) < 4.78 is 9.17. The summed E-state index contributed by atoms with van der Waals surface area (Å²) in [6.45, 7) is 0. The summed E-state index contributed by atoms with van der Waals surface area (Å²) in [5.74, 6) is 0. The lowest BCUT2D eigenvalue weighted by Crippen LogP contribution is -1.86. The maximum absolute atomic E-state index is 6.56. The van der Waals surface area contributed by atoms with Gasteiger partial charge in [-0.3, -0.25) is 0 Å². The second-order valence-electron chi connectivity index (χ2n) is 9.61. The molecule has 0 aliphatic carbocycles. The Hall–Kier alpha value is -4.40. The van der Waals surface area contributed by atoms with Gasteiger partial charge in [-0.15, -0.1) is 11.3 Å². The van der Waals surface area contributed by atoms with E-state index in [0.717, 1.165) is 11.2 Å². The van der Waals surface area contributed by atoms with Crippen molar-refractivity contribution >= 4 is 96.5 Å². The quantitative estimate of drug-likeness (QED) is 0.199. The van der Waals surface area contributed by atoms with E-state index >= 15 is 0 Å². The average molecular weight is 475 g/mol. The van der Waals surface area contributed by atoms with Crippen LogP contribution < -0.4 is 0 Å². The molecule has 1 nitrogen and oxygen atoms in total. The highest BCUT2D eigenvalue weighted by molar-refractivity contribution is 7.27. The van der Waals surface area contributed by atoms with Gasteiger partial charge in [-0.2, -0.15) is 0 Å². The predicted molar refractivity (Wildman–Crippen MR) is 157 cm³/mol. The maximum atomic E-state index is 6.56. The second-order valence-corrected chi connectivity index (χ2v) is 10.7. The van der Waals surface area contributed by atoms with Gasteiger partial charge in [0.05, 0.1) is 0 Å². The first kappa shape index (κ1) is 18.9. The van der Waals surface area contributed by atoms with E-state index in [4.69, 9.17) is 4.42 Å². The van der Waals surface area contributed by atoms with Gasteiger partial charge in [0.15, 0.2) is 0 Å². The van der Waals surface area contributed by atoms with E-state index in [9.17, 15) is 0 Å². The molecule has 166 valence electrons. The first-order valence-electron chi connectivity index (χ1n) is 12.3. The van der Waals surface area contributed by atoms with Gasteiger partial charge in [0, 0.05) is 36.3 Å². The maximum Gasteiger partial charge on any atom is 0.144 e. The number of benzene rings is 7. The molecule has 9 rings (SSSR count). The fourth-order valence-electron chi connectivity index (χ4n) is 6.38. The number of para-hydroxylation sites is 1. The van der Waals surface area contributed by atoms with Crippen molar-refractivity contribution in [2.45, 2.75) is 0 Å². The zero-order chi connectivity index (χ0) is 23.4. The summed E-state index contributed by atoms with van der Waals surface area (Å²) in [4.78, 5) is 0. The third kappa shape index (κ3) is 2.21. The molecule has 0 bridgehead atoms. The monoisotopic (exact) mass is 474 g/mol. The standard InChI is InChI=1S/C34H18OS/c1-3-12-22-19(9-1)20-10-2-4-13-23(20)30-29(22)24-14-5-6-15-25(24)31-32-28(36-34(30)31)18-17-26-21-11-7-8-16-27(21)35-33(26)32/h1-18H. The minimum atomic E-state index is 0.945. The Morgan fingerprint density at radius 2 is 0.889 bits per heavy atom. The van der Waals surface area contributed by atoms with Crippen LogP contribution in [0.15, 0.2) is 114 Å². The Labute approximate surface area is 209 Å². The number of hydrogen-bond acceptors (Lipinski definition) is 2. The zero-order valence-corrected chi connectivity index (χ0v) is 20.0. The Morgan fingerprint density at radius 1 is 0.389 bits per heavy atom.